The maximum absolute atomic E-state index is 14.0. The zero-order chi connectivity index (χ0) is 22.1. The molecule has 0 saturated carbocycles. The van der Waals surface area contributed by atoms with Crippen LogP contribution in [-0.2, 0) is 6.54 Å². The van der Waals surface area contributed by atoms with Crippen molar-refractivity contribution in [2.45, 2.75) is 52.2 Å². The quantitative estimate of drug-likeness (QED) is 0.561. The highest BCUT2D eigenvalue weighted by atomic mass is 35.5. The summed E-state index contributed by atoms with van der Waals surface area (Å²) in [5, 5.41) is 10.6. The molecule has 2 aromatic carbocycles. The van der Waals surface area contributed by atoms with E-state index in [9.17, 15) is 14.3 Å². The van der Waals surface area contributed by atoms with E-state index in [1.807, 2.05) is 18.2 Å². The Morgan fingerprint density at radius 1 is 1.20 bits per heavy atom. The van der Waals surface area contributed by atoms with Crippen LogP contribution < -0.4 is 4.90 Å². The Morgan fingerprint density at radius 2 is 1.93 bits per heavy atom. The van der Waals surface area contributed by atoms with Crippen molar-refractivity contribution in [3.05, 3.63) is 63.9 Å². The molecular formula is C23H27Cl2FN2O2. The number of nitrogens with zero attached hydrogens (tertiary/aromatic N) is 2. The van der Waals surface area contributed by atoms with Crippen molar-refractivity contribution in [3.63, 3.8) is 0 Å². The SMILES string of the molecule is CC(C)(C)C1CC(N(Cc2ccc(Cl)c(Cl)c2)c2cccc(F)c2)CCN1C(=O)O. The van der Waals surface area contributed by atoms with Gasteiger partial charge in [0.15, 0.2) is 0 Å². The lowest BCUT2D eigenvalue weighted by atomic mass is 9.78. The number of carbonyl (C=O) groups is 1. The van der Waals surface area contributed by atoms with Crippen molar-refractivity contribution in [3.8, 4) is 0 Å². The highest BCUT2D eigenvalue weighted by Crippen LogP contribution is 2.36. The first-order chi connectivity index (χ1) is 14.1. The molecule has 0 aromatic heterocycles. The third-order valence-electron chi connectivity index (χ3n) is 5.74. The lowest BCUT2D eigenvalue weighted by Gasteiger charge is -2.48. The maximum atomic E-state index is 14.0. The summed E-state index contributed by atoms with van der Waals surface area (Å²) in [7, 11) is 0. The van der Waals surface area contributed by atoms with Crippen molar-refractivity contribution in [1.29, 1.82) is 0 Å². The van der Waals surface area contributed by atoms with E-state index in [0.717, 1.165) is 11.3 Å². The summed E-state index contributed by atoms with van der Waals surface area (Å²) in [5.41, 5.74) is 1.51. The molecule has 2 unspecified atom stereocenters. The molecule has 0 radical (unpaired) electrons. The molecule has 0 aliphatic carbocycles. The fourth-order valence-corrected chi connectivity index (χ4v) is 4.52. The van der Waals surface area contributed by atoms with E-state index < -0.39 is 6.09 Å². The predicted molar refractivity (Wildman–Crippen MR) is 120 cm³/mol. The minimum absolute atomic E-state index is 0.0566. The molecule has 1 aliphatic heterocycles. The number of likely N-dealkylation sites (tertiary alicyclic amines) is 1. The van der Waals surface area contributed by atoms with Gasteiger partial charge in [-0.15, -0.1) is 0 Å². The summed E-state index contributed by atoms with van der Waals surface area (Å²) in [6, 6.07) is 11.9. The average Bonchev–Trinajstić information content (AvgIpc) is 2.67. The molecular weight excluding hydrogens is 426 g/mol. The van der Waals surface area contributed by atoms with Gasteiger partial charge in [-0.05, 0) is 54.2 Å². The van der Waals surface area contributed by atoms with E-state index >= 15 is 0 Å². The lowest BCUT2D eigenvalue weighted by Crippen LogP contribution is -2.56. The number of hydrogen-bond acceptors (Lipinski definition) is 2. The number of halogens is 3. The van der Waals surface area contributed by atoms with Crippen LogP contribution in [0.5, 0.6) is 0 Å². The Balaban J connectivity index is 1.95. The van der Waals surface area contributed by atoms with Crippen molar-refractivity contribution in [2.24, 2.45) is 5.41 Å². The highest BCUT2D eigenvalue weighted by molar-refractivity contribution is 6.42. The van der Waals surface area contributed by atoms with Crippen LogP contribution >= 0.6 is 23.2 Å². The molecule has 1 fully saturated rings. The third kappa shape index (κ3) is 5.19. The first kappa shape index (κ1) is 22.7. The Morgan fingerprint density at radius 3 is 2.53 bits per heavy atom. The number of benzene rings is 2. The number of carboxylic acid groups (broad SMARTS) is 1. The zero-order valence-electron chi connectivity index (χ0n) is 17.4. The zero-order valence-corrected chi connectivity index (χ0v) is 18.9. The summed E-state index contributed by atoms with van der Waals surface area (Å²) in [4.78, 5) is 15.5. The molecule has 0 spiro atoms. The molecule has 30 heavy (non-hydrogen) atoms. The number of rotatable bonds is 4. The summed E-state index contributed by atoms with van der Waals surface area (Å²) < 4.78 is 14.0. The summed E-state index contributed by atoms with van der Waals surface area (Å²) in [5.74, 6) is -0.304. The second-order valence-electron chi connectivity index (χ2n) is 8.89. The van der Waals surface area contributed by atoms with Gasteiger partial charge in [0.05, 0.1) is 10.0 Å². The standard InChI is InChI=1S/C23H27Cl2FN2O2/c1-23(2,3)21-13-18(9-10-27(21)22(29)30)28(17-6-4-5-16(26)12-17)14-15-7-8-19(24)20(25)11-15/h4-8,11-12,18,21H,9-10,13-14H2,1-3H3,(H,29,30). The minimum atomic E-state index is -0.893. The van der Waals surface area contributed by atoms with E-state index in [2.05, 4.69) is 25.7 Å². The van der Waals surface area contributed by atoms with Gasteiger partial charge in [0.1, 0.15) is 5.82 Å². The van der Waals surface area contributed by atoms with E-state index in [1.165, 1.54) is 12.1 Å². The van der Waals surface area contributed by atoms with Crippen molar-refractivity contribution in [2.75, 3.05) is 11.4 Å². The Hall–Kier alpha value is -1.98. The average molecular weight is 453 g/mol. The van der Waals surface area contributed by atoms with E-state index in [0.29, 0.717) is 36.0 Å². The fraction of sp³-hybridized carbons (Fsp3) is 0.435. The fourth-order valence-electron chi connectivity index (χ4n) is 4.20. The molecule has 1 amide bonds. The molecule has 3 rings (SSSR count). The van der Waals surface area contributed by atoms with Crippen molar-refractivity contribution >= 4 is 35.0 Å². The van der Waals surface area contributed by atoms with Crippen LogP contribution in [0.4, 0.5) is 14.9 Å². The number of hydrogen-bond donors (Lipinski definition) is 1. The predicted octanol–water partition coefficient (Wildman–Crippen LogP) is 6.70. The molecule has 1 aliphatic rings. The van der Waals surface area contributed by atoms with Crippen LogP contribution in [0.3, 0.4) is 0 Å². The van der Waals surface area contributed by atoms with Gasteiger partial charge in [0.2, 0.25) is 0 Å². The molecule has 1 saturated heterocycles. The summed E-state index contributed by atoms with van der Waals surface area (Å²) >= 11 is 12.3. The van der Waals surface area contributed by atoms with Crippen LogP contribution in [0.1, 0.15) is 39.2 Å². The van der Waals surface area contributed by atoms with Gasteiger partial charge in [0.25, 0.3) is 0 Å². The second kappa shape index (κ2) is 9.03. The smallest absolute Gasteiger partial charge is 0.407 e. The lowest BCUT2D eigenvalue weighted by molar-refractivity contribution is 0.0520. The Labute approximate surface area is 187 Å². The normalized spacial score (nSPS) is 19.6. The molecule has 1 heterocycles. The third-order valence-corrected chi connectivity index (χ3v) is 6.48. The second-order valence-corrected chi connectivity index (χ2v) is 9.71. The summed E-state index contributed by atoms with van der Waals surface area (Å²) in [6.07, 6.45) is 0.430. The molecule has 1 N–H and O–H groups in total. The van der Waals surface area contributed by atoms with Crippen molar-refractivity contribution < 1.29 is 14.3 Å². The molecule has 162 valence electrons. The monoisotopic (exact) mass is 452 g/mol. The molecule has 7 heteroatoms. The van der Waals surface area contributed by atoms with Crippen LogP contribution in [0.25, 0.3) is 0 Å². The van der Waals surface area contributed by atoms with Gasteiger partial charge in [0, 0.05) is 30.9 Å². The van der Waals surface area contributed by atoms with Crippen LogP contribution in [0.15, 0.2) is 42.5 Å². The van der Waals surface area contributed by atoms with Crippen LogP contribution in [0.2, 0.25) is 10.0 Å². The first-order valence-electron chi connectivity index (χ1n) is 10.0. The minimum Gasteiger partial charge on any atom is -0.465 e. The van der Waals surface area contributed by atoms with Gasteiger partial charge in [-0.1, -0.05) is 56.1 Å². The largest absolute Gasteiger partial charge is 0.465 e. The maximum Gasteiger partial charge on any atom is 0.407 e. The van der Waals surface area contributed by atoms with E-state index in [-0.39, 0.29) is 23.3 Å². The molecule has 2 atom stereocenters. The molecule has 2 aromatic rings. The Bertz CT molecular complexity index is 916. The van der Waals surface area contributed by atoms with E-state index in [1.54, 1.807) is 17.0 Å². The van der Waals surface area contributed by atoms with Gasteiger partial charge in [-0.3, -0.25) is 0 Å². The topological polar surface area (TPSA) is 43.8 Å². The van der Waals surface area contributed by atoms with Crippen LogP contribution in [0, 0.1) is 11.2 Å². The van der Waals surface area contributed by atoms with E-state index in [4.69, 9.17) is 23.2 Å². The highest BCUT2D eigenvalue weighted by Gasteiger charge is 2.40. The Kier molecular flexibility index (Phi) is 6.83. The van der Waals surface area contributed by atoms with Crippen molar-refractivity contribution in [1.82, 2.24) is 4.90 Å². The van der Waals surface area contributed by atoms with Gasteiger partial charge >= 0.3 is 6.09 Å². The molecule has 0 bridgehead atoms. The molecule has 4 nitrogen and oxygen atoms in total. The number of anilines is 1. The first-order valence-corrected chi connectivity index (χ1v) is 10.8. The van der Waals surface area contributed by atoms with Gasteiger partial charge < -0.3 is 14.9 Å². The number of piperidine rings is 1. The van der Waals surface area contributed by atoms with Gasteiger partial charge in [-0.25, -0.2) is 9.18 Å². The number of amides is 1. The summed E-state index contributed by atoms with van der Waals surface area (Å²) in [6.45, 7) is 7.13. The van der Waals surface area contributed by atoms with Gasteiger partial charge in [-0.2, -0.15) is 0 Å². The van der Waals surface area contributed by atoms with Crippen LogP contribution in [-0.4, -0.2) is 34.7 Å².